The Hall–Kier alpha value is -1.02. The van der Waals surface area contributed by atoms with E-state index in [2.05, 4.69) is 12.2 Å². The van der Waals surface area contributed by atoms with Gasteiger partial charge in [0.05, 0.1) is 0 Å². The van der Waals surface area contributed by atoms with Gasteiger partial charge in [0.2, 0.25) is 0 Å². The maximum atomic E-state index is 9.21. The van der Waals surface area contributed by atoms with Crippen LogP contribution < -0.4 is 5.32 Å². The van der Waals surface area contributed by atoms with Crippen LogP contribution in [0.5, 0.6) is 5.75 Å². The second kappa shape index (κ2) is 6.79. The number of aromatic hydroxyl groups is 1. The van der Waals surface area contributed by atoms with Crippen molar-refractivity contribution in [2.75, 3.05) is 6.54 Å². The van der Waals surface area contributed by atoms with Crippen molar-refractivity contribution in [3.05, 3.63) is 29.8 Å². The maximum absolute atomic E-state index is 9.21. The van der Waals surface area contributed by atoms with Crippen molar-refractivity contribution < 1.29 is 5.11 Å². The summed E-state index contributed by atoms with van der Waals surface area (Å²) in [4.78, 5) is 0. The molecule has 0 atom stereocenters. The Morgan fingerprint density at radius 3 is 2.28 bits per heavy atom. The van der Waals surface area contributed by atoms with Crippen LogP contribution in [0.1, 0.15) is 44.6 Å². The van der Waals surface area contributed by atoms with Gasteiger partial charge in [0.1, 0.15) is 5.75 Å². The highest BCUT2D eigenvalue weighted by Crippen LogP contribution is 2.30. The first-order valence-electron chi connectivity index (χ1n) is 7.26. The van der Waals surface area contributed by atoms with Gasteiger partial charge in [0, 0.05) is 6.54 Å². The summed E-state index contributed by atoms with van der Waals surface area (Å²) in [6.07, 6.45) is 6.97. The third kappa shape index (κ3) is 4.02. The summed E-state index contributed by atoms with van der Waals surface area (Å²) >= 11 is 0. The fraction of sp³-hybridized carbons (Fsp3) is 0.625. The van der Waals surface area contributed by atoms with E-state index in [-0.39, 0.29) is 0 Å². The maximum Gasteiger partial charge on any atom is 0.115 e. The predicted octanol–water partition coefficient (Wildman–Crippen LogP) is 3.70. The highest BCUT2D eigenvalue weighted by atomic mass is 16.3. The van der Waals surface area contributed by atoms with Crippen LogP contribution in [0.4, 0.5) is 0 Å². The zero-order chi connectivity index (χ0) is 12.8. The first-order chi connectivity index (χ1) is 8.78. The Morgan fingerprint density at radius 1 is 1.06 bits per heavy atom. The normalized spacial score (nSPS) is 24.1. The van der Waals surface area contributed by atoms with Crippen molar-refractivity contribution in [1.82, 2.24) is 5.32 Å². The molecule has 1 fully saturated rings. The van der Waals surface area contributed by atoms with Gasteiger partial charge in [-0.05, 0) is 48.9 Å². The molecule has 0 spiro atoms. The van der Waals surface area contributed by atoms with Crippen molar-refractivity contribution >= 4 is 0 Å². The van der Waals surface area contributed by atoms with Gasteiger partial charge in [-0.15, -0.1) is 0 Å². The monoisotopic (exact) mass is 247 g/mol. The number of benzene rings is 1. The van der Waals surface area contributed by atoms with Crippen LogP contribution in [0.3, 0.4) is 0 Å². The minimum absolute atomic E-state index is 0.344. The van der Waals surface area contributed by atoms with E-state index in [1.54, 1.807) is 12.1 Å². The highest BCUT2D eigenvalue weighted by Gasteiger charge is 2.19. The third-order valence-corrected chi connectivity index (χ3v) is 4.24. The summed E-state index contributed by atoms with van der Waals surface area (Å²) in [5.74, 6) is 2.19. The van der Waals surface area contributed by atoms with Gasteiger partial charge < -0.3 is 10.4 Å². The first-order valence-corrected chi connectivity index (χ1v) is 7.26. The van der Waals surface area contributed by atoms with Crippen molar-refractivity contribution in [3.8, 4) is 5.75 Å². The Bertz CT molecular complexity index is 339. The lowest BCUT2D eigenvalue weighted by Crippen LogP contribution is -2.26. The quantitative estimate of drug-likeness (QED) is 0.831. The second-order valence-electron chi connectivity index (χ2n) is 5.59. The fourth-order valence-electron chi connectivity index (χ4n) is 2.88. The molecule has 0 bridgehead atoms. The van der Waals surface area contributed by atoms with Crippen molar-refractivity contribution in [1.29, 1.82) is 0 Å². The molecule has 0 heterocycles. The van der Waals surface area contributed by atoms with Crippen LogP contribution in [0, 0.1) is 11.8 Å². The zero-order valence-corrected chi connectivity index (χ0v) is 11.4. The molecule has 0 aromatic heterocycles. The molecule has 1 aromatic carbocycles. The van der Waals surface area contributed by atoms with Gasteiger partial charge in [-0.1, -0.05) is 38.3 Å². The second-order valence-corrected chi connectivity index (χ2v) is 5.59. The lowest BCUT2D eigenvalue weighted by molar-refractivity contribution is 0.262. The highest BCUT2D eigenvalue weighted by molar-refractivity contribution is 5.25. The molecule has 2 heteroatoms. The van der Waals surface area contributed by atoms with Gasteiger partial charge >= 0.3 is 0 Å². The smallest absolute Gasteiger partial charge is 0.115 e. The average molecular weight is 247 g/mol. The first kappa shape index (κ1) is 13.4. The van der Waals surface area contributed by atoms with E-state index in [4.69, 9.17) is 0 Å². The largest absolute Gasteiger partial charge is 0.508 e. The lowest BCUT2D eigenvalue weighted by Gasteiger charge is -2.27. The molecule has 1 aromatic rings. The van der Waals surface area contributed by atoms with E-state index >= 15 is 0 Å². The molecule has 0 saturated heterocycles. The van der Waals surface area contributed by atoms with Gasteiger partial charge in [0.25, 0.3) is 0 Å². The summed E-state index contributed by atoms with van der Waals surface area (Å²) in [7, 11) is 0. The van der Waals surface area contributed by atoms with Gasteiger partial charge in [-0.2, -0.15) is 0 Å². The molecular formula is C16H25NO. The lowest BCUT2D eigenvalue weighted by atomic mass is 9.81. The SMILES string of the molecule is CCC1CCC(CNCc2ccc(O)cc2)CC1. The number of nitrogens with one attached hydrogen (secondary N) is 1. The third-order valence-electron chi connectivity index (χ3n) is 4.24. The van der Waals surface area contributed by atoms with Crippen LogP contribution in [0.2, 0.25) is 0 Å². The number of phenolic OH excluding ortho intramolecular Hbond substituents is 1. The summed E-state index contributed by atoms with van der Waals surface area (Å²) < 4.78 is 0. The number of phenols is 1. The molecule has 0 radical (unpaired) electrons. The Labute approximate surface area is 110 Å². The molecule has 0 amide bonds. The minimum atomic E-state index is 0.344. The van der Waals surface area contributed by atoms with E-state index in [9.17, 15) is 5.11 Å². The van der Waals surface area contributed by atoms with Gasteiger partial charge in [0.15, 0.2) is 0 Å². The molecule has 2 nitrogen and oxygen atoms in total. The van der Waals surface area contributed by atoms with E-state index in [1.165, 1.54) is 37.7 Å². The van der Waals surface area contributed by atoms with Crippen molar-refractivity contribution in [2.24, 2.45) is 11.8 Å². The predicted molar refractivity (Wildman–Crippen MR) is 75.6 cm³/mol. The van der Waals surface area contributed by atoms with Crippen LogP contribution in [-0.2, 0) is 6.54 Å². The molecule has 1 aliphatic carbocycles. The van der Waals surface area contributed by atoms with Crippen LogP contribution in [-0.4, -0.2) is 11.7 Å². The molecule has 0 unspecified atom stereocenters. The minimum Gasteiger partial charge on any atom is -0.508 e. The standard InChI is InChI=1S/C16H25NO/c1-2-13-3-5-14(6-4-13)11-17-12-15-7-9-16(18)10-8-15/h7-10,13-14,17-18H,2-6,11-12H2,1H3. The molecule has 0 aliphatic heterocycles. The van der Waals surface area contributed by atoms with E-state index in [1.807, 2.05) is 12.1 Å². The topological polar surface area (TPSA) is 32.3 Å². The summed E-state index contributed by atoms with van der Waals surface area (Å²) in [5, 5.41) is 12.8. The molecule has 18 heavy (non-hydrogen) atoms. The van der Waals surface area contributed by atoms with Crippen LogP contribution in [0.15, 0.2) is 24.3 Å². The molecule has 2 N–H and O–H groups in total. The van der Waals surface area contributed by atoms with E-state index in [0.717, 1.165) is 24.9 Å². The molecule has 2 rings (SSSR count). The molecule has 1 aliphatic rings. The number of hydrogen-bond acceptors (Lipinski definition) is 2. The Morgan fingerprint density at radius 2 is 1.67 bits per heavy atom. The Balaban J connectivity index is 1.65. The molecular weight excluding hydrogens is 222 g/mol. The Kier molecular flexibility index (Phi) is 5.06. The average Bonchev–Trinajstić information content (AvgIpc) is 2.42. The summed E-state index contributed by atoms with van der Waals surface area (Å²) in [6, 6.07) is 7.47. The summed E-state index contributed by atoms with van der Waals surface area (Å²) in [5.41, 5.74) is 1.25. The van der Waals surface area contributed by atoms with Gasteiger partial charge in [-0.3, -0.25) is 0 Å². The number of rotatable bonds is 5. The van der Waals surface area contributed by atoms with E-state index in [0.29, 0.717) is 5.75 Å². The van der Waals surface area contributed by atoms with E-state index < -0.39 is 0 Å². The zero-order valence-electron chi connectivity index (χ0n) is 11.4. The summed E-state index contributed by atoms with van der Waals surface area (Å²) in [6.45, 7) is 4.36. The van der Waals surface area contributed by atoms with Gasteiger partial charge in [-0.25, -0.2) is 0 Å². The molecule has 1 saturated carbocycles. The van der Waals surface area contributed by atoms with Crippen molar-refractivity contribution in [3.63, 3.8) is 0 Å². The van der Waals surface area contributed by atoms with Crippen LogP contribution >= 0.6 is 0 Å². The van der Waals surface area contributed by atoms with Crippen molar-refractivity contribution in [2.45, 2.75) is 45.6 Å². The molecule has 100 valence electrons. The fourth-order valence-corrected chi connectivity index (χ4v) is 2.88. The number of hydrogen-bond donors (Lipinski definition) is 2. The van der Waals surface area contributed by atoms with Crippen LogP contribution in [0.25, 0.3) is 0 Å².